The molecule has 6 aliphatic rings. The van der Waals surface area contributed by atoms with Gasteiger partial charge in [-0.15, -0.1) is 0 Å². The van der Waals surface area contributed by atoms with E-state index < -0.39 is 6.10 Å². The third-order valence-corrected chi connectivity index (χ3v) is 17.7. The maximum atomic E-state index is 11.8. The molecule has 1 saturated carbocycles. The van der Waals surface area contributed by atoms with Crippen LogP contribution < -0.4 is 15.4 Å². The number of methoxy groups -OCH3 is 1. The van der Waals surface area contributed by atoms with Crippen LogP contribution in [-0.2, 0) is 52.1 Å². The van der Waals surface area contributed by atoms with E-state index in [-0.39, 0.29) is 66.8 Å². The van der Waals surface area contributed by atoms with Crippen molar-refractivity contribution in [1.82, 2.24) is 15.2 Å². The van der Waals surface area contributed by atoms with Crippen LogP contribution in [0.2, 0.25) is 0 Å². The number of nitrogens with one attached hydrogen (secondary N) is 2. The molecule has 12 rings (SSSR count). The molecule has 8 unspecified atom stereocenters. The van der Waals surface area contributed by atoms with Crippen LogP contribution >= 0.6 is 0 Å². The van der Waals surface area contributed by atoms with Crippen molar-refractivity contribution < 1.29 is 44.5 Å². The molecule has 1 aromatic heterocycles. The van der Waals surface area contributed by atoms with Crippen LogP contribution in [0.1, 0.15) is 120 Å². The first-order chi connectivity index (χ1) is 37.6. The summed E-state index contributed by atoms with van der Waals surface area (Å²) in [6.45, 7) is 1.17. The van der Waals surface area contributed by atoms with Crippen LogP contribution in [0.5, 0.6) is 23.0 Å². The Morgan fingerprint density at radius 1 is 0.844 bits per heavy atom. The van der Waals surface area contributed by atoms with Crippen molar-refractivity contribution >= 4 is 16.6 Å². The molecule has 8 atom stereocenters. The van der Waals surface area contributed by atoms with Crippen LogP contribution in [0, 0.1) is 23.7 Å². The average molecular weight is 1040 g/mol. The Labute approximate surface area is 451 Å². The van der Waals surface area contributed by atoms with Crippen molar-refractivity contribution in [2.45, 2.75) is 132 Å². The third-order valence-electron chi connectivity index (χ3n) is 17.7. The van der Waals surface area contributed by atoms with E-state index in [1.54, 1.807) is 31.4 Å². The van der Waals surface area contributed by atoms with Crippen LogP contribution in [0.4, 0.5) is 0 Å². The standard InChI is InChI=1S/C65H71N3O9/c1-74-39-66-63-32-45-16-14-40(12-13-41-15-20-59(72)46(24-41)25-42-7-4-8-51(70)26-42)6-5-9-53-33-52(71)19-17-43-31-62(60(73)30-48(43)36-69)77-37-49-28-50(27-47-34-68(35-55(47)49)64(67-63)56(45)38-76-53)65-22-23-75-61-21-18-44(29-58(61)65)54-10-2-3-11-57(54)65/h2-4,7-8,10-11,15,20,24,26-28,30-32,34-35,40,44,52-53,58,61,63,66-67,69-73H,5-6,9,12-13,17-19,21-23,25,29,33,36-39H2,1H3. The Morgan fingerprint density at radius 2 is 1.75 bits per heavy atom. The Kier molecular flexibility index (Phi) is 14.7. The number of aryl methyl sites for hydroxylation is 2. The highest BCUT2D eigenvalue weighted by Gasteiger charge is 2.55. The predicted octanol–water partition coefficient (Wildman–Crippen LogP) is 10.1. The quantitative estimate of drug-likeness (QED) is 0.0516. The summed E-state index contributed by atoms with van der Waals surface area (Å²) in [6, 6.07) is 30.3. The zero-order chi connectivity index (χ0) is 52.6. The number of benzene rings is 5. The van der Waals surface area contributed by atoms with Crippen molar-refractivity contribution in [1.29, 1.82) is 0 Å². The van der Waals surface area contributed by atoms with Crippen LogP contribution in [0.25, 0.3) is 16.6 Å². The summed E-state index contributed by atoms with van der Waals surface area (Å²) in [5, 5.41) is 64.2. The number of ether oxygens (including phenoxy) is 4. The molecule has 12 heteroatoms. The Balaban J connectivity index is 0.973. The Bertz CT molecular complexity index is 3290. The van der Waals surface area contributed by atoms with E-state index in [1.165, 1.54) is 16.7 Å². The third kappa shape index (κ3) is 10.4. The van der Waals surface area contributed by atoms with Gasteiger partial charge in [-0.2, -0.15) is 0 Å². The molecule has 400 valence electrons. The molecule has 0 radical (unpaired) electrons. The first-order valence-corrected chi connectivity index (χ1v) is 27.9. The highest BCUT2D eigenvalue weighted by molar-refractivity contribution is 5.89. The van der Waals surface area contributed by atoms with E-state index >= 15 is 0 Å². The first-order valence-electron chi connectivity index (χ1n) is 27.9. The van der Waals surface area contributed by atoms with Gasteiger partial charge in [0.15, 0.2) is 11.5 Å². The van der Waals surface area contributed by atoms with Gasteiger partial charge >= 0.3 is 0 Å². The van der Waals surface area contributed by atoms with Gasteiger partial charge in [-0.1, -0.05) is 66.4 Å². The monoisotopic (exact) mass is 1040 g/mol. The van der Waals surface area contributed by atoms with E-state index in [0.717, 1.165) is 113 Å². The summed E-state index contributed by atoms with van der Waals surface area (Å²) >= 11 is 0. The van der Waals surface area contributed by atoms with Gasteiger partial charge in [0.2, 0.25) is 0 Å². The lowest BCUT2D eigenvalue weighted by Crippen LogP contribution is -2.54. The average Bonchev–Trinajstić information content (AvgIpc) is 4.08. The number of nitrogens with zero attached hydrogens (tertiary/aromatic N) is 1. The fraction of sp³-hybridized carbons (Fsp3) is 0.415. The number of dihydropyridines is 1. The minimum absolute atomic E-state index is 0.0377. The highest BCUT2D eigenvalue weighted by atomic mass is 16.5. The largest absolute Gasteiger partial charge is 0.508 e. The van der Waals surface area contributed by atoms with Crippen molar-refractivity contribution in [2.24, 2.45) is 11.8 Å². The predicted molar refractivity (Wildman–Crippen MR) is 296 cm³/mol. The lowest BCUT2D eigenvalue weighted by molar-refractivity contribution is -0.0894. The van der Waals surface area contributed by atoms with E-state index in [1.807, 2.05) is 24.3 Å². The molecule has 77 heavy (non-hydrogen) atoms. The van der Waals surface area contributed by atoms with Gasteiger partial charge in [0.05, 0.1) is 38.3 Å². The Hall–Kier alpha value is -6.56. The summed E-state index contributed by atoms with van der Waals surface area (Å²) in [6.07, 6.45) is 15.3. The van der Waals surface area contributed by atoms with Crippen LogP contribution in [0.15, 0.2) is 121 Å². The second-order valence-electron chi connectivity index (χ2n) is 22.4. The molecule has 5 aromatic carbocycles. The molecular formula is C65H71N3O9. The molecule has 5 heterocycles. The number of rotatable bonds is 10. The number of phenols is 3. The molecule has 2 aliphatic carbocycles. The van der Waals surface area contributed by atoms with Gasteiger partial charge in [0.25, 0.3) is 0 Å². The highest BCUT2D eigenvalue weighted by Crippen LogP contribution is 2.60. The summed E-state index contributed by atoms with van der Waals surface area (Å²) in [7, 11) is 1.67. The summed E-state index contributed by atoms with van der Waals surface area (Å²) in [5.41, 5.74) is 10.9. The number of aliphatic hydroxyl groups is 2. The van der Waals surface area contributed by atoms with Gasteiger partial charge < -0.3 is 54.4 Å². The van der Waals surface area contributed by atoms with Gasteiger partial charge in [0, 0.05) is 65.8 Å². The summed E-state index contributed by atoms with van der Waals surface area (Å²) in [4.78, 5) is 0. The molecular weight excluding hydrogens is 967 g/mol. The number of aromatic nitrogens is 1. The molecule has 8 bridgehead atoms. The fourth-order valence-corrected chi connectivity index (χ4v) is 13.8. The zero-order valence-electron chi connectivity index (χ0n) is 44.0. The van der Waals surface area contributed by atoms with Gasteiger partial charge in [-0.25, -0.2) is 0 Å². The molecule has 1 saturated heterocycles. The molecule has 12 nitrogen and oxygen atoms in total. The molecule has 2 fully saturated rings. The van der Waals surface area contributed by atoms with Crippen molar-refractivity contribution in [3.05, 3.63) is 171 Å². The second-order valence-corrected chi connectivity index (χ2v) is 22.4. The minimum atomic E-state index is -0.698. The molecule has 0 amide bonds. The SMILES string of the molecule is COCNC1C=C2C#CC(CCc3ccc(O)c(Cc4cccc(O)c4)c3)CCCC3CC(O)CCc4cc(c(O)cc4CO)OCc4cc(C56CCOC7CCC(CC75)c5ccccc56)cc5cn(cc45)C(=C2CO3)N1. The number of hydrogen-bond donors (Lipinski definition) is 7. The van der Waals surface area contributed by atoms with E-state index in [2.05, 4.69) is 88.0 Å². The van der Waals surface area contributed by atoms with Crippen molar-refractivity contribution in [3.63, 3.8) is 0 Å². The molecule has 6 aromatic rings. The summed E-state index contributed by atoms with van der Waals surface area (Å²) < 4.78 is 28.1. The molecule has 7 N–H and O–H groups in total. The first kappa shape index (κ1) is 51.2. The normalized spacial score (nSPS) is 26.0. The molecule has 0 spiro atoms. The summed E-state index contributed by atoms with van der Waals surface area (Å²) in [5.74, 6) is 9.89. The molecule has 4 aliphatic heterocycles. The Morgan fingerprint density at radius 3 is 2.64 bits per heavy atom. The van der Waals surface area contributed by atoms with Gasteiger partial charge in [-0.05, 0) is 181 Å². The number of hydrogen-bond acceptors (Lipinski definition) is 11. The number of aliphatic hydroxyl groups excluding tert-OH is 2. The van der Waals surface area contributed by atoms with Crippen molar-refractivity contribution in [2.75, 3.05) is 27.1 Å². The minimum Gasteiger partial charge on any atom is -0.508 e. The number of aromatic hydroxyl groups is 3. The number of phenolic OH excluding ortho intramolecular Hbond substituents is 3. The van der Waals surface area contributed by atoms with Gasteiger partial charge in [-0.3, -0.25) is 5.32 Å². The van der Waals surface area contributed by atoms with E-state index in [9.17, 15) is 25.5 Å². The second kappa shape index (κ2) is 22.1. The fourth-order valence-electron chi connectivity index (χ4n) is 13.8. The zero-order valence-corrected chi connectivity index (χ0v) is 44.0. The lowest BCUT2D eigenvalue weighted by Gasteiger charge is -2.56. The lowest BCUT2D eigenvalue weighted by atomic mass is 9.51. The maximum absolute atomic E-state index is 11.8. The number of fused-ring (bicyclic) bond motifs is 10. The van der Waals surface area contributed by atoms with E-state index in [4.69, 9.17) is 18.9 Å². The van der Waals surface area contributed by atoms with Crippen LogP contribution in [0.3, 0.4) is 0 Å². The maximum Gasteiger partial charge on any atom is 0.161 e. The smallest absolute Gasteiger partial charge is 0.161 e. The topological polar surface area (TPSA) is 167 Å². The van der Waals surface area contributed by atoms with Crippen molar-refractivity contribution in [3.8, 4) is 34.8 Å². The van der Waals surface area contributed by atoms with Gasteiger partial charge in [0.1, 0.15) is 30.1 Å². The van der Waals surface area contributed by atoms with E-state index in [0.29, 0.717) is 62.2 Å². The van der Waals surface area contributed by atoms with Crippen LogP contribution in [-0.4, -0.2) is 81.6 Å².